The highest BCUT2D eigenvalue weighted by Gasteiger charge is 2.30. The predicted octanol–water partition coefficient (Wildman–Crippen LogP) is 1.39. The lowest BCUT2D eigenvalue weighted by molar-refractivity contribution is 0.0470. The lowest BCUT2D eigenvalue weighted by Gasteiger charge is -2.16. The summed E-state index contributed by atoms with van der Waals surface area (Å²) in [6, 6.07) is 0. The minimum absolute atomic E-state index is 0.302. The number of hydrogen-bond donors (Lipinski definition) is 1. The van der Waals surface area contributed by atoms with E-state index in [9.17, 15) is 9.90 Å². The largest absolute Gasteiger partial charge is 0.461 e. The zero-order valence-corrected chi connectivity index (χ0v) is 11.1. The molecule has 0 amide bonds. The van der Waals surface area contributed by atoms with Crippen molar-refractivity contribution in [2.45, 2.75) is 39.7 Å². The van der Waals surface area contributed by atoms with Crippen LogP contribution in [0.5, 0.6) is 0 Å². The van der Waals surface area contributed by atoms with Crippen molar-refractivity contribution in [1.82, 2.24) is 9.55 Å². The summed E-state index contributed by atoms with van der Waals surface area (Å²) < 4.78 is 6.68. The third kappa shape index (κ3) is 2.66. The number of carbonyl (C=O) groups is 1. The Labute approximate surface area is 101 Å². The molecule has 1 N–H and O–H groups in total. The number of esters is 1. The Morgan fingerprint density at radius 2 is 2.06 bits per heavy atom. The van der Waals surface area contributed by atoms with Gasteiger partial charge < -0.3 is 14.4 Å². The molecule has 0 atom stereocenters. The number of ether oxygens (including phenoxy) is 1. The van der Waals surface area contributed by atoms with Gasteiger partial charge in [0.05, 0.1) is 6.61 Å². The minimum atomic E-state index is -1.16. The summed E-state index contributed by atoms with van der Waals surface area (Å²) in [6.07, 6.45) is 0.693. The van der Waals surface area contributed by atoms with E-state index >= 15 is 0 Å². The zero-order valence-electron chi connectivity index (χ0n) is 11.1. The summed E-state index contributed by atoms with van der Waals surface area (Å²) in [7, 11) is 1.76. The average molecular weight is 240 g/mol. The van der Waals surface area contributed by atoms with Gasteiger partial charge in [-0.1, -0.05) is 6.92 Å². The van der Waals surface area contributed by atoms with Crippen LogP contribution in [-0.2, 0) is 23.8 Å². The molecule has 1 aromatic rings. The molecule has 0 radical (unpaired) electrons. The van der Waals surface area contributed by atoms with Gasteiger partial charge in [-0.25, -0.2) is 9.78 Å². The first-order valence-electron chi connectivity index (χ1n) is 5.78. The second-order valence-electron chi connectivity index (χ2n) is 4.42. The van der Waals surface area contributed by atoms with E-state index < -0.39 is 11.6 Å². The van der Waals surface area contributed by atoms with E-state index in [0.29, 0.717) is 24.4 Å². The number of imidazole rings is 1. The van der Waals surface area contributed by atoms with Crippen molar-refractivity contribution in [3.63, 3.8) is 0 Å². The number of nitrogens with zero attached hydrogens (tertiary/aromatic N) is 2. The first-order chi connectivity index (χ1) is 7.82. The summed E-state index contributed by atoms with van der Waals surface area (Å²) in [5.74, 6) is 0.310. The molecule has 5 nitrogen and oxygen atoms in total. The molecule has 17 heavy (non-hydrogen) atoms. The lowest BCUT2D eigenvalue weighted by Crippen LogP contribution is -2.22. The van der Waals surface area contributed by atoms with Gasteiger partial charge in [-0.05, 0) is 20.8 Å². The standard InChI is InChI=1S/C12H20N2O3/c1-6-8-13-10(12(3,4)16)9(14(8)5)11(15)17-7-2/h16H,6-7H2,1-5H3. The molecule has 0 spiro atoms. The first-order valence-corrected chi connectivity index (χ1v) is 5.78. The van der Waals surface area contributed by atoms with Gasteiger partial charge in [-0.15, -0.1) is 0 Å². The van der Waals surface area contributed by atoms with E-state index in [0.717, 1.165) is 5.82 Å². The summed E-state index contributed by atoms with van der Waals surface area (Å²) in [5.41, 5.74) is -0.459. The molecule has 96 valence electrons. The minimum Gasteiger partial charge on any atom is -0.461 e. The maximum Gasteiger partial charge on any atom is 0.357 e. The number of hydrogen-bond acceptors (Lipinski definition) is 4. The summed E-state index contributed by atoms with van der Waals surface area (Å²) >= 11 is 0. The van der Waals surface area contributed by atoms with Crippen molar-refractivity contribution in [1.29, 1.82) is 0 Å². The lowest BCUT2D eigenvalue weighted by atomic mass is 10.0. The van der Waals surface area contributed by atoms with Gasteiger partial charge in [-0.2, -0.15) is 0 Å². The van der Waals surface area contributed by atoms with Crippen LogP contribution in [0, 0.1) is 0 Å². The Morgan fingerprint density at radius 3 is 2.47 bits per heavy atom. The maximum atomic E-state index is 11.9. The highest BCUT2D eigenvalue weighted by molar-refractivity contribution is 5.89. The Morgan fingerprint density at radius 1 is 1.47 bits per heavy atom. The highest BCUT2D eigenvalue weighted by atomic mass is 16.5. The normalized spacial score (nSPS) is 11.6. The monoisotopic (exact) mass is 240 g/mol. The van der Waals surface area contributed by atoms with E-state index in [-0.39, 0.29) is 0 Å². The number of aryl methyl sites for hydroxylation is 1. The fourth-order valence-electron chi connectivity index (χ4n) is 1.72. The van der Waals surface area contributed by atoms with Crippen LogP contribution in [-0.4, -0.2) is 27.2 Å². The van der Waals surface area contributed by atoms with Crippen molar-refractivity contribution in [2.24, 2.45) is 7.05 Å². The van der Waals surface area contributed by atoms with Crippen LogP contribution in [0.2, 0.25) is 0 Å². The van der Waals surface area contributed by atoms with Gasteiger partial charge in [-0.3, -0.25) is 0 Å². The first kappa shape index (κ1) is 13.7. The molecule has 0 aromatic carbocycles. The van der Waals surface area contributed by atoms with Gasteiger partial charge >= 0.3 is 5.97 Å². The molecule has 1 rings (SSSR count). The Bertz CT molecular complexity index is 416. The van der Waals surface area contributed by atoms with Crippen molar-refractivity contribution >= 4 is 5.97 Å². The molecule has 0 aliphatic carbocycles. The molecule has 0 bridgehead atoms. The van der Waals surface area contributed by atoms with Crippen LogP contribution in [0.25, 0.3) is 0 Å². The summed E-state index contributed by atoms with van der Waals surface area (Å²) in [6.45, 7) is 7.22. The van der Waals surface area contributed by atoms with Crippen molar-refractivity contribution in [3.05, 3.63) is 17.2 Å². The van der Waals surface area contributed by atoms with Gasteiger partial charge in [0.15, 0.2) is 5.69 Å². The average Bonchev–Trinajstić information content (AvgIpc) is 2.55. The van der Waals surface area contributed by atoms with Gasteiger partial charge in [0.25, 0.3) is 0 Å². The molecule has 0 saturated heterocycles. The maximum absolute atomic E-state index is 11.9. The summed E-state index contributed by atoms with van der Waals surface area (Å²) in [4.78, 5) is 16.2. The van der Waals surface area contributed by atoms with E-state index in [1.165, 1.54) is 0 Å². The number of carbonyl (C=O) groups excluding carboxylic acids is 1. The molecule has 5 heteroatoms. The van der Waals surface area contributed by atoms with Crippen molar-refractivity contribution in [2.75, 3.05) is 6.61 Å². The molecule has 0 unspecified atom stereocenters. The van der Waals surface area contributed by atoms with Gasteiger partial charge in [0, 0.05) is 13.5 Å². The predicted molar refractivity (Wildman–Crippen MR) is 63.8 cm³/mol. The highest BCUT2D eigenvalue weighted by Crippen LogP contribution is 2.24. The van der Waals surface area contributed by atoms with Crippen LogP contribution < -0.4 is 0 Å². The van der Waals surface area contributed by atoms with Crippen molar-refractivity contribution < 1.29 is 14.6 Å². The van der Waals surface area contributed by atoms with Gasteiger partial charge in [0.2, 0.25) is 0 Å². The third-order valence-corrected chi connectivity index (χ3v) is 2.55. The fourth-order valence-corrected chi connectivity index (χ4v) is 1.72. The number of aliphatic hydroxyl groups is 1. The second-order valence-corrected chi connectivity index (χ2v) is 4.42. The SMILES string of the molecule is CCOC(=O)c1c(C(C)(C)O)nc(CC)n1C. The number of rotatable bonds is 4. The van der Waals surface area contributed by atoms with E-state index in [4.69, 9.17) is 4.74 Å². The van der Waals surface area contributed by atoms with Crippen LogP contribution >= 0.6 is 0 Å². The van der Waals surface area contributed by atoms with Crippen LogP contribution in [0.4, 0.5) is 0 Å². The Kier molecular flexibility index (Phi) is 3.93. The summed E-state index contributed by atoms with van der Waals surface area (Å²) in [5, 5.41) is 10.0. The molecular formula is C12H20N2O3. The quantitative estimate of drug-likeness (QED) is 0.808. The molecule has 0 fully saturated rings. The van der Waals surface area contributed by atoms with Crippen molar-refractivity contribution in [3.8, 4) is 0 Å². The molecule has 1 aromatic heterocycles. The Hall–Kier alpha value is -1.36. The number of aromatic nitrogens is 2. The molecule has 1 heterocycles. The van der Waals surface area contributed by atoms with E-state index in [1.54, 1.807) is 32.4 Å². The second kappa shape index (κ2) is 4.87. The molecule has 0 saturated carbocycles. The van der Waals surface area contributed by atoms with E-state index in [2.05, 4.69) is 4.98 Å². The fraction of sp³-hybridized carbons (Fsp3) is 0.667. The smallest absolute Gasteiger partial charge is 0.357 e. The van der Waals surface area contributed by atoms with Crippen LogP contribution in [0.15, 0.2) is 0 Å². The third-order valence-electron chi connectivity index (χ3n) is 2.55. The van der Waals surface area contributed by atoms with Crippen LogP contribution in [0.3, 0.4) is 0 Å². The molecule has 0 aliphatic rings. The van der Waals surface area contributed by atoms with Crippen LogP contribution in [0.1, 0.15) is 49.7 Å². The molecular weight excluding hydrogens is 220 g/mol. The zero-order chi connectivity index (χ0) is 13.2. The van der Waals surface area contributed by atoms with Gasteiger partial charge in [0.1, 0.15) is 17.1 Å². The van der Waals surface area contributed by atoms with E-state index in [1.807, 2.05) is 6.92 Å². The Balaban J connectivity index is 3.34. The topological polar surface area (TPSA) is 64.3 Å². The molecule has 0 aliphatic heterocycles.